The predicted octanol–water partition coefficient (Wildman–Crippen LogP) is 2.12. The molecule has 0 saturated heterocycles. The molecular weight excluding hydrogens is 505 g/mol. The van der Waals surface area contributed by atoms with Gasteiger partial charge in [0.2, 0.25) is 4.94 Å². The maximum Gasteiger partial charge on any atom is 0.323 e. The number of nitrogens with one attached hydrogen (secondary N) is 1. The van der Waals surface area contributed by atoms with Crippen LogP contribution in [0.5, 0.6) is 0 Å². The molecule has 0 fully saturated rings. The van der Waals surface area contributed by atoms with E-state index in [-0.39, 0.29) is 24.7 Å². The van der Waals surface area contributed by atoms with Crippen LogP contribution in [0.25, 0.3) is 5.65 Å². The zero-order chi connectivity index (χ0) is 20.9. The number of rotatable bonds is 10. The summed E-state index contributed by atoms with van der Waals surface area (Å²) >= 11 is 1.69. The zero-order valence-electron chi connectivity index (χ0n) is 15.7. The number of carbonyl (C=O) groups excluding carboxylic acids is 1. The van der Waals surface area contributed by atoms with Gasteiger partial charge in [0.15, 0.2) is 11.5 Å². The van der Waals surface area contributed by atoms with Crippen LogP contribution >= 0.6 is 27.0 Å². The first kappa shape index (κ1) is 22.9. The number of aromatic nitrogens is 4. The Bertz CT molecular complexity index is 866. The van der Waals surface area contributed by atoms with Crippen LogP contribution in [0, 0.1) is 0 Å². The smallest absolute Gasteiger partial charge is 0.323 e. The fourth-order valence-corrected chi connectivity index (χ4v) is 5.22. The molecule has 0 radical (unpaired) electrons. The summed E-state index contributed by atoms with van der Waals surface area (Å²) in [5, 5.41) is 6.75. The Morgan fingerprint density at radius 3 is 2.79 bits per heavy atom. The molecule has 2 aromatic heterocycles. The van der Waals surface area contributed by atoms with E-state index in [4.69, 9.17) is 15.2 Å². The Hall–Kier alpha value is -1.37. The van der Waals surface area contributed by atoms with E-state index in [2.05, 4.69) is 20.2 Å². The maximum absolute atomic E-state index is 13.4. The third kappa shape index (κ3) is 6.33. The second-order valence-electron chi connectivity index (χ2n) is 6.39. The molecule has 0 aliphatic heterocycles. The second kappa shape index (κ2) is 9.90. The lowest BCUT2D eigenvalue weighted by Gasteiger charge is -2.21. The molecule has 0 aromatic carbocycles. The van der Waals surface area contributed by atoms with Crippen molar-refractivity contribution in [2.75, 3.05) is 18.8 Å². The number of halogens is 2. The molecule has 2 rings (SSSR count). The number of carbonyl (C=O) groups is 1. The third-order valence-electron chi connectivity index (χ3n) is 3.58. The third-order valence-corrected chi connectivity index (χ3v) is 6.50. The largest absolute Gasteiger partial charge is 0.462 e. The van der Waals surface area contributed by atoms with Gasteiger partial charge in [-0.1, -0.05) is 0 Å². The Labute approximate surface area is 174 Å². The molecule has 0 spiro atoms. The number of hydrogen-bond donors (Lipinski definition) is 2. The summed E-state index contributed by atoms with van der Waals surface area (Å²) in [6.07, 6.45) is 1.54. The van der Waals surface area contributed by atoms with Crippen LogP contribution in [0.2, 0.25) is 0 Å². The predicted molar refractivity (Wildman–Crippen MR) is 110 cm³/mol. The first-order chi connectivity index (χ1) is 13.1. The van der Waals surface area contributed by atoms with Gasteiger partial charge in [0.25, 0.3) is 0 Å². The van der Waals surface area contributed by atoms with E-state index in [9.17, 15) is 13.8 Å². The molecule has 0 amide bonds. The van der Waals surface area contributed by atoms with Gasteiger partial charge in [0, 0.05) is 28.5 Å². The second-order valence-corrected chi connectivity index (χ2v) is 12.9. The molecule has 156 valence electrons. The molecule has 2 heterocycles. The molecule has 0 aliphatic rings. The van der Waals surface area contributed by atoms with Crippen molar-refractivity contribution in [2.45, 2.75) is 45.4 Å². The molecule has 10 nitrogen and oxygen atoms in total. The van der Waals surface area contributed by atoms with Crippen molar-refractivity contribution >= 4 is 44.4 Å². The Kier molecular flexibility index (Phi) is 8.10. The van der Waals surface area contributed by atoms with Crippen molar-refractivity contribution in [1.82, 2.24) is 24.7 Å². The van der Waals surface area contributed by atoms with E-state index in [1.165, 1.54) is 17.0 Å². The van der Waals surface area contributed by atoms with Crippen LogP contribution in [0.4, 0.5) is 10.2 Å². The first-order valence-corrected chi connectivity index (χ1v) is 13.2. The van der Waals surface area contributed by atoms with Gasteiger partial charge in [-0.25, -0.2) is 24.0 Å². The fraction of sp³-hybridized carbons (Fsp3) is 0.600. The molecule has 0 saturated carbocycles. The quantitative estimate of drug-likeness (QED) is 0.270. The van der Waals surface area contributed by atoms with Crippen molar-refractivity contribution in [2.24, 2.45) is 0 Å². The Morgan fingerprint density at radius 2 is 2.14 bits per heavy atom. The summed E-state index contributed by atoms with van der Waals surface area (Å²) in [6.45, 7) is 4.20. The molecule has 0 aliphatic carbocycles. The maximum atomic E-state index is 13.4. The molecule has 1 unspecified atom stereocenters. The summed E-state index contributed by atoms with van der Waals surface area (Å²) < 4.78 is 38.1. The zero-order valence-corrected chi connectivity index (χ0v) is 18.8. The minimum absolute atomic E-state index is 0.149. The Balaban J connectivity index is 1.95. The number of nitrogens with two attached hydrogens (primary N) is 1. The highest BCUT2D eigenvalue weighted by molar-refractivity contribution is 14.2. The van der Waals surface area contributed by atoms with Crippen molar-refractivity contribution < 1.29 is 23.2 Å². The molecule has 0 bridgehead atoms. The summed E-state index contributed by atoms with van der Waals surface area (Å²) in [5.74, 6) is -0.306. The molecule has 3 N–H and O–H groups in total. The fourth-order valence-electron chi connectivity index (χ4n) is 2.33. The minimum Gasteiger partial charge on any atom is -0.462 e. The Morgan fingerprint density at radius 1 is 1.43 bits per heavy atom. The normalized spacial score (nSPS) is 16.1. The number of imidazole rings is 1. The lowest BCUT2D eigenvalue weighted by molar-refractivity contribution is -0.148. The summed E-state index contributed by atoms with van der Waals surface area (Å²) in [6, 6.07) is -0.781. The number of anilines is 1. The number of nitrogens with zero attached hydrogens (tertiary/aromatic N) is 4. The highest BCUT2D eigenvalue weighted by Gasteiger charge is 2.27. The SMILES string of the molecule is CC(C)OC(=O)[C@H](C)NP(=O)(I)CO[C@@H](CF)Cc1cnc2c(N)ncnn12. The number of esters is 1. The van der Waals surface area contributed by atoms with Crippen LogP contribution in [0.15, 0.2) is 12.5 Å². The first-order valence-electron chi connectivity index (χ1n) is 8.50. The summed E-state index contributed by atoms with van der Waals surface area (Å²) in [5.41, 5.74) is 6.68. The van der Waals surface area contributed by atoms with Crippen molar-refractivity contribution in [3.8, 4) is 0 Å². The number of hydrogen-bond acceptors (Lipinski definition) is 8. The van der Waals surface area contributed by atoms with Gasteiger partial charge in [-0.05, 0) is 20.8 Å². The number of ether oxygens (including phenoxy) is 2. The molecule has 13 heteroatoms. The van der Waals surface area contributed by atoms with Gasteiger partial charge in [0.1, 0.15) is 25.4 Å². The van der Waals surface area contributed by atoms with E-state index < -0.39 is 29.7 Å². The van der Waals surface area contributed by atoms with Crippen molar-refractivity contribution in [3.05, 3.63) is 18.2 Å². The minimum atomic E-state index is -3.10. The van der Waals surface area contributed by atoms with Crippen molar-refractivity contribution in [1.29, 1.82) is 0 Å². The molecular formula is C15H23FIN6O4P. The number of alkyl halides is 1. The van der Waals surface area contributed by atoms with Gasteiger partial charge >= 0.3 is 5.97 Å². The van der Waals surface area contributed by atoms with Gasteiger partial charge in [-0.3, -0.25) is 9.36 Å². The number of fused-ring (bicyclic) bond motifs is 1. The van der Waals surface area contributed by atoms with Crippen molar-refractivity contribution in [3.63, 3.8) is 0 Å². The van der Waals surface area contributed by atoms with Gasteiger partial charge < -0.3 is 15.2 Å². The van der Waals surface area contributed by atoms with Crippen LogP contribution in [0.3, 0.4) is 0 Å². The average Bonchev–Trinajstić information content (AvgIpc) is 3.02. The topological polar surface area (TPSA) is 134 Å². The van der Waals surface area contributed by atoms with Crippen LogP contribution < -0.4 is 10.8 Å². The summed E-state index contributed by atoms with van der Waals surface area (Å²) in [7, 11) is 0. The van der Waals surface area contributed by atoms with E-state index in [1.54, 1.807) is 42.8 Å². The van der Waals surface area contributed by atoms with E-state index >= 15 is 0 Å². The van der Waals surface area contributed by atoms with Crippen LogP contribution in [-0.4, -0.2) is 56.8 Å². The lowest BCUT2D eigenvalue weighted by Crippen LogP contribution is -2.34. The highest BCUT2D eigenvalue weighted by atomic mass is 127. The van der Waals surface area contributed by atoms with Gasteiger partial charge in [0.05, 0.1) is 24.1 Å². The summed E-state index contributed by atoms with van der Waals surface area (Å²) in [4.78, 5) is 16.7. The monoisotopic (exact) mass is 528 g/mol. The average molecular weight is 528 g/mol. The van der Waals surface area contributed by atoms with Crippen LogP contribution in [-0.2, 0) is 25.3 Å². The van der Waals surface area contributed by atoms with E-state index in [0.29, 0.717) is 11.3 Å². The molecule has 28 heavy (non-hydrogen) atoms. The standard InChI is InChI=1S/C15H23FIN6O4P/c1-9(2)27-15(24)10(3)22-28(17,25)8-26-12(5-16)4-11-6-19-14-13(18)20-7-21-23(11)14/h6-7,9-10,12H,4-5,8H2,1-3H3,(H,22,25)(H2,18,20,21)/t10-,12+,28?/m0/s1. The number of nitrogen functional groups attached to an aromatic ring is 1. The van der Waals surface area contributed by atoms with Crippen LogP contribution in [0.1, 0.15) is 26.5 Å². The van der Waals surface area contributed by atoms with E-state index in [0.717, 1.165) is 0 Å². The van der Waals surface area contributed by atoms with Gasteiger partial charge in [-0.2, -0.15) is 5.10 Å². The molecule has 2 aromatic rings. The highest BCUT2D eigenvalue weighted by Crippen LogP contribution is 2.51. The molecule has 3 atom stereocenters. The van der Waals surface area contributed by atoms with E-state index in [1.807, 2.05) is 0 Å². The lowest BCUT2D eigenvalue weighted by atomic mass is 10.2. The van der Waals surface area contributed by atoms with Gasteiger partial charge in [-0.15, -0.1) is 0 Å².